The molecule has 2 N–H and O–H groups in total. The van der Waals surface area contributed by atoms with Crippen molar-refractivity contribution < 1.29 is 13.2 Å². The third kappa shape index (κ3) is 2.99. The van der Waals surface area contributed by atoms with E-state index in [1.54, 1.807) is 19.1 Å². The summed E-state index contributed by atoms with van der Waals surface area (Å²) in [4.78, 5) is 3.84. The van der Waals surface area contributed by atoms with Crippen molar-refractivity contribution in [3.05, 3.63) is 29.6 Å². The Labute approximate surface area is 79.9 Å². The molecule has 5 heteroatoms. The third-order valence-electron chi connectivity index (χ3n) is 1.85. The molecule has 0 bridgehead atoms. The van der Waals surface area contributed by atoms with E-state index in [-0.39, 0.29) is 0 Å². The summed E-state index contributed by atoms with van der Waals surface area (Å²) in [6, 6.07) is 2.29. The number of nitrogens with zero attached hydrogens (tertiary/aromatic N) is 1. The van der Waals surface area contributed by atoms with E-state index in [0.717, 1.165) is 0 Å². The zero-order valence-electron chi connectivity index (χ0n) is 7.67. The normalized spacial score (nSPS) is 14.1. The van der Waals surface area contributed by atoms with Gasteiger partial charge >= 0.3 is 6.18 Å². The predicted molar refractivity (Wildman–Crippen MR) is 46.6 cm³/mol. The molecule has 0 radical (unpaired) electrons. The minimum absolute atomic E-state index is 0.310. The minimum Gasteiger partial charge on any atom is -0.322 e. The Morgan fingerprint density at radius 2 is 2.14 bits per heavy atom. The number of pyridine rings is 1. The molecule has 0 saturated heterocycles. The Balaban J connectivity index is 2.80. The Kier molecular flexibility index (Phi) is 3.10. The van der Waals surface area contributed by atoms with Gasteiger partial charge in [-0.05, 0) is 18.6 Å². The molecular weight excluding hydrogens is 193 g/mol. The van der Waals surface area contributed by atoms with Crippen molar-refractivity contribution in [3.8, 4) is 0 Å². The van der Waals surface area contributed by atoms with Crippen molar-refractivity contribution in [2.75, 3.05) is 0 Å². The van der Waals surface area contributed by atoms with Crippen LogP contribution in [0.2, 0.25) is 0 Å². The molecule has 78 valence electrons. The number of aryl methyl sites for hydroxylation is 1. The van der Waals surface area contributed by atoms with E-state index in [1.807, 2.05) is 0 Å². The molecule has 14 heavy (non-hydrogen) atoms. The Morgan fingerprint density at radius 3 is 2.64 bits per heavy atom. The molecule has 0 aromatic carbocycles. The molecule has 0 aliphatic heterocycles. The first kappa shape index (κ1) is 11.0. The Bertz CT molecular complexity index is 309. The number of alkyl halides is 3. The van der Waals surface area contributed by atoms with E-state index in [4.69, 9.17) is 5.73 Å². The lowest BCUT2D eigenvalue weighted by Gasteiger charge is -2.15. The van der Waals surface area contributed by atoms with Gasteiger partial charge in [0.1, 0.15) is 0 Å². The maximum atomic E-state index is 12.0. The van der Waals surface area contributed by atoms with Gasteiger partial charge in [-0.25, -0.2) is 0 Å². The molecule has 0 aliphatic carbocycles. The molecule has 1 rings (SSSR count). The van der Waals surface area contributed by atoms with Crippen LogP contribution in [0.1, 0.15) is 23.7 Å². The lowest BCUT2D eigenvalue weighted by atomic mass is 10.1. The first-order valence-electron chi connectivity index (χ1n) is 4.14. The van der Waals surface area contributed by atoms with Crippen LogP contribution in [-0.4, -0.2) is 11.2 Å². The molecule has 0 saturated carbocycles. The van der Waals surface area contributed by atoms with Crippen molar-refractivity contribution in [3.63, 3.8) is 0 Å². The molecule has 0 unspecified atom stereocenters. The van der Waals surface area contributed by atoms with Crippen LogP contribution in [0.15, 0.2) is 18.3 Å². The maximum absolute atomic E-state index is 12.0. The van der Waals surface area contributed by atoms with Crippen molar-refractivity contribution in [1.82, 2.24) is 4.98 Å². The van der Waals surface area contributed by atoms with Gasteiger partial charge in [0.25, 0.3) is 0 Å². The number of aromatic nitrogens is 1. The molecule has 1 aromatic rings. The SMILES string of the molecule is Cc1cccnc1[C@@H](N)CC(F)(F)F. The lowest BCUT2D eigenvalue weighted by molar-refractivity contribution is -0.138. The number of halogens is 3. The van der Waals surface area contributed by atoms with Crippen LogP contribution in [0.3, 0.4) is 0 Å². The van der Waals surface area contributed by atoms with E-state index in [0.29, 0.717) is 11.3 Å². The number of hydrogen-bond acceptors (Lipinski definition) is 2. The number of rotatable bonds is 2. The van der Waals surface area contributed by atoms with Crippen LogP contribution >= 0.6 is 0 Å². The van der Waals surface area contributed by atoms with Gasteiger partial charge in [0, 0.05) is 6.20 Å². The maximum Gasteiger partial charge on any atom is 0.390 e. The highest BCUT2D eigenvalue weighted by molar-refractivity contribution is 5.20. The largest absolute Gasteiger partial charge is 0.390 e. The van der Waals surface area contributed by atoms with Crippen molar-refractivity contribution >= 4 is 0 Å². The molecular formula is C9H11F3N2. The summed E-state index contributed by atoms with van der Waals surface area (Å²) < 4.78 is 36.0. The highest BCUT2D eigenvalue weighted by atomic mass is 19.4. The predicted octanol–water partition coefficient (Wildman–Crippen LogP) is 2.34. The van der Waals surface area contributed by atoms with Gasteiger partial charge in [0.05, 0.1) is 18.2 Å². The third-order valence-corrected chi connectivity index (χ3v) is 1.85. The van der Waals surface area contributed by atoms with Crippen LogP contribution in [0, 0.1) is 6.92 Å². The summed E-state index contributed by atoms with van der Waals surface area (Å²) in [6.45, 7) is 1.69. The smallest absolute Gasteiger partial charge is 0.322 e. The highest BCUT2D eigenvalue weighted by Gasteiger charge is 2.31. The Hall–Kier alpha value is -1.10. The van der Waals surface area contributed by atoms with E-state index in [2.05, 4.69) is 4.98 Å². The van der Waals surface area contributed by atoms with Crippen LogP contribution in [-0.2, 0) is 0 Å². The molecule has 2 nitrogen and oxygen atoms in total. The first-order valence-corrected chi connectivity index (χ1v) is 4.14. The topological polar surface area (TPSA) is 38.9 Å². The van der Waals surface area contributed by atoms with Gasteiger partial charge in [-0.3, -0.25) is 4.98 Å². The first-order chi connectivity index (χ1) is 6.40. The van der Waals surface area contributed by atoms with Gasteiger partial charge < -0.3 is 5.73 Å². The number of hydrogen-bond donors (Lipinski definition) is 1. The summed E-state index contributed by atoms with van der Waals surface area (Å²) in [5.41, 5.74) is 6.39. The lowest BCUT2D eigenvalue weighted by Crippen LogP contribution is -2.21. The average Bonchev–Trinajstić information content (AvgIpc) is 2.01. The van der Waals surface area contributed by atoms with Crippen LogP contribution in [0.4, 0.5) is 13.2 Å². The second-order valence-corrected chi connectivity index (χ2v) is 3.13. The van der Waals surface area contributed by atoms with Crippen LogP contribution in [0.5, 0.6) is 0 Å². The van der Waals surface area contributed by atoms with Gasteiger partial charge in [-0.15, -0.1) is 0 Å². The fraction of sp³-hybridized carbons (Fsp3) is 0.444. The van der Waals surface area contributed by atoms with Crippen LogP contribution < -0.4 is 5.73 Å². The van der Waals surface area contributed by atoms with Crippen molar-refractivity contribution in [2.45, 2.75) is 25.6 Å². The van der Waals surface area contributed by atoms with E-state index < -0.39 is 18.6 Å². The second kappa shape index (κ2) is 3.96. The molecule has 0 spiro atoms. The highest BCUT2D eigenvalue weighted by Crippen LogP contribution is 2.27. The molecule has 1 atom stereocenters. The van der Waals surface area contributed by atoms with Gasteiger partial charge in [-0.1, -0.05) is 6.07 Å². The van der Waals surface area contributed by atoms with Crippen LogP contribution in [0.25, 0.3) is 0 Å². The van der Waals surface area contributed by atoms with Gasteiger partial charge in [0.2, 0.25) is 0 Å². The molecule has 0 aliphatic rings. The minimum atomic E-state index is -4.25. The second-order valence-electron chi connectivity index (χ2n) is 3.13. The standard InChI is InChI=1S/C9H11F3N2/c1-6-3-2-4-14-8(6)7(13)5-9(10,11)12/h2-4,7H,5,13H2,1H3/t7-/m0/s1. The van der Waals surface area contributed by atoms with Gasteiger partial charge in [0.15, 0.2) is 0 Å². The summed E-state index contributed by atoms with van der Waals surface area (Å²) in [7, 11) is 0. The number of nitrogens with two attached hydrogens (primary N) is 1. The molecule has 1 aromatic heterocycles. The summed E-state index contributed by atoms with van der Waals surface area (Å²) in [5, 5.41) is 0. The fourth-order valence-corrected chi connectivity index (χ4v) is 1.23. The van der Waals surface area contributed by atoms with Crippen molar-refractivity contribution in [2.24, 2.45) is 5.73 Å². The molecule has 1 heterocycles. The average molecular weight is 204 g/mol. The summed E-state index contributed by atoms with van der Waals surface area (Å²) in [6.07, 6.45) is -3.84. The van der Waals surface area contributed by atoms with Gasteiger partial charge in [-0.2, -0.15) is 13.2 Å². The molecule has 0 fully saturated rings. The Morgan fingerprint density at radius 1 is 1.50 bits per heavy atom. The zero-order chi connectivity index (χ0) is 10.8. The molecule has 0 amide bonds. The van der Waals surface area contributed by atoms with E-state index in [1.165, 1.54) is 6.20 Å². The van der Waals surface area contributed by atoms with E-state index >= 15 is 0 Å². The van der Waals surface area contributed by atoms with E-state index in [9.17, 15) is 13.2 Å². The quantitative estimate of drug-likeness (QED) is 0.803. The van der Waals surface area contributed by atoms with Crippen molar-refractivity contribution in [1.29, 1.82) is 0 Å². The zero-order valence-corrected chi connectivity index (χ0v) is 7.67. The summed E-state index contributed by atoms with van der Waals surface area (Å²) in [5.74, 6) is 0. The fourth-order valence-electron chi connectivity index (χ4n) is 1.23. The monoisotopic (exact) mass is 204 g/mol. The summed E-state index contributed by atoms with van der Waals surface area (Å²) >= 11 is 0.